The van der Waals surface area contributed by atoms with E-state index in [-0.39, 0.29) is 11.8 Å². The maximum absolute atomic E-state index is 11.1. The minimum atomic E-state index is -0.437. The molecule has 0 saturated carbocycles. The molecule has 0 radical (unpaired) electrons. The van der Waals surface area contributed by atoms with E-state index in [1.165, 1.54) is 0 Å². The van der Waals surface area contributed by atoms with E-state index in [2.05, 4.69) is 9.97 Å². The van der Waals surface area contributed by atoms with Gasteiger partial charge in [0.05, 0.1) is 5.69 Å². The monoisotopic (exact) mass is 195 g/mol. The Kier molecular flexibility index (Phi) is 2.93. The third kappa shape index (κ3) is 1.95. The highest BCUT2D eigenvalue weighted by molar-refractivity contribution is 5.92. The van der Waals surface area contributed by atoms with Gasteiger partial charge in [-0.25, -0.2) is 4.98 Å². The number of hydrogen-bond acceptors (Lipinski definition) is 2. The predicted molar refractivity (Wildman–Crippen MR) is 55.3 cm³/mol. The van der Waals surface area contributed by atoms with Gasteiger partial charge in [-0.05, 0) is 5.92 Å². The quantitative estimate of drug-likeness (QED) is 0.771. The minimum Gasteiger partial charge on any atom is -0.364 e. The van der Waals surface area contributed by atoms with Crippen molar-refractivity contribution in [1.29, 1.82) is 0 Å². The van der Waals surface area contributed by atoms with Crippen molar-refractivity contribution >= 4 is 5.91 Å². The molecule has 14 heavy (non-hydrogen) atoms. The number of H-pyrrole nitrogens is 1. The zero-order chi connectivity index (χ0) is 10.9. The first-order valence-corrected chi connectivity index (χ1v) is 4.83. The van der Waals surface area contributed by atoms with E-state index in [0.717, 1.165) is 11.5 Å². The Morgan fingerprint density at radius 1 is 1.29 bits per heavy atom. The van der Waals surface area contributed by atoms with E-state index in [4.69, 9.17) is 5.73 Å². The molecule has 4 nitrogen and oxygen atoms in total. The molecule has 0 unspecified atom stereocenters. The lowest BCUT2D eigenvalue weighted by molar-refractivity contribution is 0.0994. The Hall–Kier alpha value is -1.32. The minimum absolute atomic E-state index is 0.209. The fraction of sp³-hybridized carbons (Fsp3) is 0.600. The van der Waals surface area contributed by atoms with Crippen molar-refractivity contribution in [2.45, 2.75) is 39.5 Å². The lowest BCUT2D eigenvalue weighted by Gasteiger charge is -2.00. The van der Waals surface area contributed by atoms with Crippen LogP contribution in [0, 0.1) is 0 Å². The Bertz CT molecular complexity index is 339. The van der Waals surface area contributed by atoms with Gasteiger partial charge >= 0.3 is 0 Å². The first-order chi connectivity index (χ1) is 6.43. The average Bonchev–Trinajstić information content (AvgIpc) is 2.47. The van der Waals surface area contributed by atoms with Crippen LogP contribution in [0.2, 0.25) is 0 Å². The summed E-state index contributed by atoms with van der Waals surface area (Å²) in [5.74, 6) is 0.873. The number of amides is 1. The SMILES string of the molecule is CC(C)c1nc(C(C)C)c(C(N)=O)[nH]1. The van der Waals surface area contributed by atoms with Crippen molar-refractivity contribution in [3.63, 3.8) is 0 Å². The summed E-state index contributed by atoms with van der Waals surface area (Å²) in [5, 5.41) is 0. The van der Waals surface area contributed by atoms with Gasteiger partial charge in [0, 0.05) is 5.92 Å². The van der Waals surface area contributed by atoms with Gasteiger partial charge in [-0.2, -0.15) is 0 Å². The second-order valence-corrected chi connectivity index (χ2v) is 4.06. The molecule has 1 amide bonds. The zero-order valence-electron chi connectivity index (χ0n) is 9.09. The molecule has 1 heterocycles. The van der Waals surface area contributed by atoms with Gasteiger partial charge in [-0.15, -0.1) is 0 Å². The second-order valence-electron chi connectivity index (χ2n) is 4.06. The molecule has 0 spiro atoms. The largest absolute Gasteiger partial charge is 0.364 e. The predicted octanol–water partition coefficient (Wildman–Crippen LogP) is 1.76. The first-order valence-electron chi connectivity index (χ1n) is 4.83. The molecule has 3 N–H and O–H groups in total. The van der Waals surface area contributed by atoms with Crippen LogP contribution in [0.3, 0.4) is 0 Å². The molecule has 0 aliphatic rings. The molecule has 1 aromatic heterocycles. The van der Waals surface area contributed by atoms with Crippen LogP contribution in [0.1, 0.15) is 61.5 Å². The van der Waals surface area contributed by atoms with E-state index in [1.54, 1.807) is 0 Å². The lowest BCUT2D eigenvalue weighted by Crippen LogP contribution is -2.14. The van der Waals surface area contributed by atoms with Gasteiger partial charge in [-0.3, -0.25) is 4.79 Å². The summed E-state index contributed by atoms with van der Waals surface area (Å²) in [6.45, 7) is 8.03. The number of aromatic nitrogens is 2. The molecule has 0 fully saturated rings. The van der Waals surface area contributed by atoms with E-state index in [1.807, 2.05) is 27.7 Å². The molecule has 4 heteroatoms. The Balaban J connectivity index is 3.19. The molecule has 0 aliphatic heterocycles. The lowest BCUT2D eigenvalue weighted by atomic mass is 10.1. The number of nitrogens with two attached hydrogens (primary N) is 1. The maximum atomic E-state index is 11.1. The topological polar surface area (TPSA) is 71.8 Å². The molecule has 78 valence electrons. The van der Waals surface area contributed by atoms with Gasteiger partial charge in [0.1, 0.15) is 11.5 Å². The van der Waals surface area contributed by atoms with Gasteiger partial charge in [0.25, 0.3) is 5.91 Å². The highest BCUT2D eigenvalue weighted by Crippen LogP contribution is 2.20. The van der Waals surface area contributed by atoms with Crippen LogP contribution >= 0.6 is 0 Å². The van der Waals surface area contributed by atoms with Crippen LogP contribution in [0.25, 0.3) is 0 Å². The second kappa shape index (κ2) is 3.82. The third-order valence-corrected chi connectivity index (χ3v) is 2.09. The normalized spacial score (nSPS) is 11.3. The van der Waals surface area contributed by atoms with Gasteiger partial charge in [-0.1, -0.05) is 27.7 Å². The van der Waals surface area contributed by atoms with Crippen molar-refractivity contribution in [1.82, 2.24) is 9.97 Å². The Labute approximate surface area is 83.9 Å². The summed E-state index contributed by atoms with van der Waals surface area (Å²) >= 11 is 0. The molecule has 1 aromatic rings. The standard InChI is InChI=1S/C10H17N3O/c1-5(2)7-8(9(11)14)13-10(12-7)6(3)4/h5-6H,1-4H3,(H2,11,14)(H,12,13). The molecular formula is C10H17N3O. The molecule has 0 saturated heterocycles. The molecular weight excluding hydrogens is 178 g/mol. The third-order valence-electron chi connectivity index (χ3n) is 2.09. The summed E-state index contributed by atoms with van der Waals surface area (Å²) in [6, 6.07) is 0. The Morgan fingerprint density at radius 2 is 1.86 bits per heavy atom. The van der Waals surface area contributed by atoms with Crippen LogP contribution in [0.5, 0.6) is 0 Å². The number of imidazole rings is 1. The number of hydrogen-bond donors (Lipinski definition) is 2. The molecule has 0 aromatic carbocycles. The summed E-state index contributed by atoms with van der Waals surface area (Å²) in [6.07, 6.45) is 0. The van der Waals surface area contributed by atoms with E-state index in [9.17, 15) is 4.79 Å². The van der Waals surface area contributed by atoms with Crippen molar-refractivity contribution in [3.8, 4) is 0 Å². The number of nitrogens with zero attached hydrogens (tertiary/aromatic N) is 1. The molecule has 0 aliphatic carbocycles. The fourth-order valence-electron chi connectivity index (χ4n) is 1.28. The summed E-state index contributed by atoms with van der Waals surface area (Å²) in [7, 11) is 0. The van der Waals surface area contributed by atoms with Crippen LogP contribution in [0.4, 0.5) is 0 Å². The number of rotatable bonds is 3. The van der Waals surface area contributed by atoms with Crippen LogP contribution in [-0.2, 0) is 0 Å². The first kappa shape index (κ1) is 10.8. The molecule has 1 rings (SSSR count). The van der Waals surface area contributed by atoms with E-state index in [0.29, 0.717) is 5.69 Å². The van der Waals surface area contributed by atoms with Crippen molar-refractivity contribution in [2.24, 2.45) is 5.73 Å². The Morgan fingerprint density at radius 3 is 2.14 bits per heavy atom. The molecule has 0 bridgehead atoms. The fourth-order valence-corrected chi connectivity index (χ4v) is 1.28. The number of carbonyl (C=O) groups excluding carboxylic acids is 1. The maximum Gasteiger partial charge on any atom is 0.267 e. The zero-order valence-corrected chi connectivity index (χ0v) is 9.09. The van der Waals surface area contributed by atoms with Crippen LogP contribution < -0.4 is 5.73 Å². The highest BCUT2D eigenvalue weighted by atomic mass is 16.1. The van der Waals surface area contributed by atoms with Gasteiger partial charge in [0.2, 0.25) is 0 Å². The summed E-state index contributed by atoms with van der Waals surface area (Å²) < 4.78 is 0. The smallest absolute Gasteiger partial charge is 0.267 e. The number of nitrogens with one attached hydrogen (secondary N) is 1. The van der Waals surface area contributed by atoms with Gasteiger partial charge in [0.15, 0.2) is 0 Å². The highest BCUT2D eigenvalue weighted by Gasteiger charge is 2.18. The van der Waals surface area contributed by atoms with E-state index < -0.39 is 5.91 Å². The van der Waals surface area contributed by atoms with Crippen LogP contribution in [0.15, 0.2) is 0 Å². The molecule has 0 atom stereocenters. The van der Waals surface area contributed by atoms with E-state index >= 15 is 0 Å². The summed E-state index contributed by atoms with van der Waals surface area (Å²) in [4.78, 5) is 18.5. The van der Waals surface area contributed by atoms with Crippen molar-refractivity contribution in [3.05, 3.63) is 17.2 Å². The van der Waals surface area contributed by atoms with Crippen LogP contribution in [-0.4, -0.2) is 15.9 Å². The number of primary amides is 1. The van der Waals surface area contributed by atoms with Crippen molar-refractivity contribution < 1.29 is 4.79 Å². The number of carbonyl (C=O) groups is 1. The van der Waals surface area contributed by atoms with Crippen molar-refractivity contribution in [2.75, 3.05) is 0 Å². The average molecular weight is 195 g/mol. The summed E-state index contributed by atoms with van der Waals surface area (Å²) in [5.41, 5.74) is 6.47. The van der Waals surface area contributed by atoms with Gasteiger partial charge < -0.3 is 10.7 Å². The number of aromatic amines is 1.